The van der Waals surface area contributed by atoms with Gasteiger partial charge in [-0.05, 0) is 77.1 Å². The zero-order valence-electron chi connectivity index (χ0n) is 16.2. The average Bonchev–Trinajstić information content (AvgIpc) is 2.65. The number of piperidine rings is 1. The van der Waals surface area contributed by atoms with Crippen molar-refractivity contribution in [3.63, 3.8) is 0 Å². The number of aliphatic imine (C=N–C) groups is 1. The molecule has 0 radical (unpaired) electrons. The molecule has 1 aliphatic heterocycles. The fourth-order valence-electron chi connectivity index (χ4n) is 3.65. The molecule has 1 aromatic carbocycles. The van der Waals surface area contributed by atoms with E-state index in [1.54, 1.807) is 0 Å². The summed E-state index contributed by atoms with van der Waals surface area (Å²) < 4.78 is 0. The molecule has 0 atom stereocenters. The van der Waals surface area contributed by atoms with E-state index in [1.807, 2.05) is 0 Å². The fraction of sp³-hybridized carbons (Fsp3) is 0.667. The highest BCUT2D eigenvalue weighted by Crippen LogP contribution is 2.21. The van der Waals surface area contributed by atoms with Crippen molar-refractivity contribution < 1.29 is 0 Å². The first kappa shape index (κ1) is 19.8. The Morgan fingerprint density at radius 1 is 1.12 bits per heavy atom. The van der Waals surface area contributed by atoms with Crippen LogP contribution in [0.2, 0.25) is 0 Å². The number of guanidine groups is 1. The minimum Gasteiger partial charge on any atom is -0.370 e. The maximum atomic E-state index is 6.01. The van der Waals surface area contributed by atoms with E-state index in [9.17, 15) is 0 Å². The molecule has 1 saturated heterocycles. The summed E-state index contributed by atoms with van der Waals surface area (Å²) in [5.74, 6) is 1.56. The maximum absolute atomic E-state index is 6.01. The van der Waals surface area contributed by atoms with Gasteiger partial charge in [-0.25, -0.2) is 0 Å². The molecule has 0 unspecified atom stereocenters. The Bertz CT molecular complexity index is 488. The van der Waals surface area contributed by atoms with Crippen LogP contribution in [0.15, 0.2) is 35.3 Å². The number of hydrogen-bond acceptors (Lipinski definition) is 2. The summed E-state index contributed by atoms with van der Waals surface area (Å²) in [7, 11) is 0. The standard InChI is InChI=1S/C21H36N4/c1-3-25(4-2)21(22)23-14-8-9-15-24-16-12-20(13-17-24)18-19-10-6-5-7-11-19/h5-7,10-11,20H,3-4,8-9,12-18H2,1-2H3,(H2,22,23). The second-order valence-electron chi connectivity index (χ2n) is 7.09. The van der Waals surface area contributed by atoms with Gasteiger partial charge in [-0.2, -0.15) is 0 Å². The SMILES string of the molecule is CCN(CC)C(N)=NCCCCN1CCC(Cc2ccccc2)CC1. The highest BCUT2D eigenvalue weighted by Gasteiger charge is 2.18. The van der Waals surface area contributed by atoms with Crippen LogP contribution < -0.4 is 5.73 Å². The molecular weight excluding hydrogens is 308 g/mol. The number of benzene rings is 1. The van der Waals surface area contributed by atoms with Crippen molar-refractivity contribution in [2.45, 2.75) is 46.0 Å². The van der Waals surface area contributed by atoms with Crippen molar-refractivity contribution in [1.82, 2.24) is 9.80 Å². The van der Waals surface area contributed by atoms with Crippen molar-refractivity contribution in [1.29, 1.82) is 0 Å². The van der Waals surface area contributed by atoms with Gasteiger partial charge in [0.1, 0.15) is 0 Å². The van der Waals surface area contributed by atoms with Gasteiger partial charge in [0.2, 0.25) is 0 Å². The molecular formula is C21H36N4. The van der Waals surface area contributed by atoms with Gasteiger partial charge in [-0.3, -0.25) is 4.99 Å². The van der Waals surface area contributed by atoms with E-state index in [2.05, 4.69) is 59.0 Å². The predicted molar refractivity (Wildman–Crippen MR) is 108 cm³/mol. The normalized spacial score (nSPS) is 17.0. The minimum absolute atomic E-state index is 0.701. The summed E-state index contributed by atoms with van der Waals surface area (Å²) >= 11 is 0. The Morgan fingerprint density at radius 3 is 2.44 bits per heavy atom. The van der Waals surface area contributed by atoms with Crippen LogP contribution >= 0.6 is 0 Å². The Labute approximate surface area is 154 Å². The topological polar surface area (TPSA) is 44.9 Å². The summed E-state index contributed by atoms with van der Waals surface area (Å²) in [5, 5.41) is 0. The predicted octanol–water partition coefficient (Wildman–Crippen LogP) is 3.38. The van der Waals surface area contributed by atoms with Crippen molar-refractivity contribution in [2.75, 3.05) is 39.3 Å². The van der Waals surface area contributed by atoms with Crippen molar-refractivity contribution in [3.05, 3.63) is 35.9 Å². The first-order valence-electron chi connectivity index (χ1n) is 10.0. The largest absolute Gasteiger partial charge is 0.370 e. The lowest BCUT2D eigenvalue weighted by Crippen LogP contribution is -2.37. The third-order valence-corrected chi connectivity index (χ3v) is 5.32. The molecule has 0 aromatic heterocycles. The molecule has 0 aliphatic carbocycles. The number of unbranched alkanes of at least 4 members (excludes halogenated alkanes) is 1. The van der Waals surface area contributed by atoms with E-state index >= 15 is 0 Å². The van der Waals surface area contributed by atoms with E-state index in [4.69, 9.17) is 5.73 Å². The van der Waals surface area contributed by atoms with Gasteiger partial charge in [0.25, 0.3) is 0 Å². The van der Waals surface area contributed by atoms with Gasteiger partial charge < -0.3 is 15.5 Å². The molecule has 0 spiro atoms. The van der Waals surface area contributed by atoms with Crippen LogP contribution in [-0.2, 0) is 6.42 Å². The van der Waals surface area contributed by atoms with Crippen LogP contribution in [0.3, 0.4) is 0 Å². The summed E-state index contributed by atoms with van der Waals surface area (Å²) in [6, 6.07) is 10.9. The third kappa shape index (κ3) is 7.07. The van der Waals surface area contributed by atoms with Crippen molar-refractivity contribution >= 4 is 5.96 Å². The number of likely N-dealkylation sites (tertiary alicyclic amines) is 1. The number of rotatable bonds is 9. The van der Waals surface area contributed by atoms with Gasteiger partial charge in [0.05, 0.1) is 0 Å². The van der Waals surface area contributed by atoms with Gasteiger partial charge in [-0.15, -0.1) is 0 Å². The van der Waals surface area contributed by atoms with Gasteiger partial charge in [0.15, 0.2) is 5.96 Å². The summed E-state index contributed by atoms with van der Waals surface area (Å²) in [5.41, 5.74) is 7.50. The second kappa shape index (κ2) is 11.1. The Balaban J connectivity index is 1.57. The molecule has 25 heavy (non-hydrogen) atoms. The van der Waals surface area contributed by atoms with Gasteiger partial charge >= 0.3 is 0 Å². The third-order valence-electron chi connectivity index (χ3n) is 5.32. The quantitative estimate of drug-likeness (QED) is 0.424. The lowest BCUT2D eigenvalue weighted by Gasteiger charge is -2.32. The van der Waals surface area contributed by atoms with E-state index in [0.29, 0.717) is 5.96 Å². The van der Waals surface area contributed by atoms with Crippen LogP contribution in [0.4, 0.5) is 0 Å². The van der Waals surface area contributed by atoms with E-state index < -0.39 is 0 Å². The molecule has 1 aliphatic rings. The molecule has 0 bridgehead atoms. The van der Waals surface area contributed by atoms with E-state index in [0.717, 1.165) is 32.0 Å². The molecule has 1 heterocycles. The lowest BCUT2D eigenvalue weighted by molar-refractivity contribution is 0.181. The fourth-order valence-corrected chi connectivity index (χ4v) is 3.65. The van der Waals surface area contributed by atoms with Crippen LogP contribution in [0.5, 0.6) is 0 Å². The monoisotopic (exact) mass is 344 g/mol. The zero-order valence-corrected chi connectivity index (χ0v) is 16.2. The first-order valence-corrected chi connectivity index (χ1v) is 10.0. The second-order valence-corrected chi connectivity index (χ2v) is 7.09. The van der Waals surface area contributed by atoms with E-state index in [1.165, 1.54) is 50.9 Å². The number of nitrogens with zero attached hydrogens (tertiary/aromatic N) is 3. The number of hydrogen-bond donors (Lipinski definition) is 1. The molecule has 2 rings (SSSR count). The molecule has 4 heteroatoms. The van der Waals surface area contributed by atoms with Crippen LogP contribution in [0.1, 0.15) is 45.1 Å². The van der Waals surface area contributed by atoms with Crippen LogP contribution in [-0.4, -0.2) is 55.0 Å². The van der Waals surface area contributed by atoms with Crippen molar-refractivity contribution in [3.8, 4) is 0 Å². The molecule has 0 saturated carbocycles. The summed E-state index contributed by atoms with van der Waals surface area (Å²) in [6.07, 6.45) is 6.27. The van der Waals surface area contributed by atoms with E-state index in [-0.39, 0.29) is 0 Å². The lowest BCUT2D eigenvalue weighted by atomic mass is 9.90. The zero-order chi connectivity index (χ0) is 17.9. The molecule has 2 N–H and O–H groups in total. The summed E-state index contributed by atoms with van der Waals surface area (Å²) in [4.78, 5) is 9.24. The number of nitrogens with two attached hydrogens (primary N) is 1. The average molecular weight is 345 g/mol. The molecule has 4 nitrogen and oxygen atoms in total. The smallest absolute Gasteiger partial charge is 0.191 e. The molecule has 1 aromatic rings. The van der Waals surface area contributed by atoms with Crippen LogP contribution in [0, 0.1) is 5.92 Å². The minimum atomic E-state index is 0.701. The van der Waals surface area contributed by atoms with Gasteiger partial charge in [0, 0.05) is 19.6 Å². The van der Waals surface area contributed by atoms with Crippen LogP contribution in [0.25, 0.3) is 0 Å². The Morgan fingerprint density at radius 2 is 1.80 bits per heavy atom. The van der Waals surface area contributed by atoms with Crippen molar-refractivity contribution in [2.24, 2.45) is 16.6 Å². The highest BCUT2D eigenvalue weighted by molar-refractivity contribution is 5.77. The Kier molecular flexibility index (Phi) is 8.81. The van der Waals surface area contributed by atoms with Gasteiger partial charge in [-0.1, -0.05) is 30.3 Å². The molecule has 0 amide bonds. The maximum Gasteiger partial charge on any atom is 0.191 e. The first-order chi connectivity index (χ1) is 12.2. The summed E-state index contributed by atoms with van der Waals surface area (Å²) in [6.45, 7) is 10.7. The Hall–Kier alpha value is -1.55. The highest BCUT2D eigenvalue weighted by atomic mass is 15.2. The molecule has 140 valence electrons. The molecule has 1 fully saturated rings.